The smallest absolute Gasteiger partial charge is 0.315 e. The average molecular weight is 306 g/mol. The van der Waals surface area contributed by atoms with Crippen LogP contribution >= 0.6 is 0 Å². The van der Waals surface area contributed by atoms with E-state index in [0.29, 0.717) is 18.9 Å². The topological polar surface area (TPSA) is 79.8 Å². The number of ether oxygens (including phenoxy) is 2. The number of para-hydroxylation sites is 2. The minimum absolute atomic E-state index is 0.146. The zero-order valence-corrected chi connectivity index (χ0v) is 12.5. The van der Waals surface area contributed by atoms with E-state index in [4.69, 9.17) is 9.47 Å². The predicted octanol–water partition coefficient (Wildman–Crippen LogP) is 1.43. The summed E-state index contributed by atoms with van der Waals surface area (Å²) in [6.45, 7) is 0.822. The van der Waals surface area contributed by atoms with Crippen LogP contribution in [0.3, 0.4) is 0 Å². The van der Waals surface area contributed by atoms with Gasteiger partial charge in [0.2, 0.25) is 0 Å². The lowest BCUT2D eigenvalue weighted by atomic mass is 9.93. The number of carbonyl (C=O) groups excluding carboxylic acids is 1. The summed E-state index contributed by atoms with van der Waals surface area (Å²) in [6, 6.07) is 7.46. The molecule has 1 aliphatic carbocycles. The molecule has 3 rings (SSSR count). The molecule has 6 nitrogen and oxygen atoms in total. The van der Waals surface area contributed by atoms with E-state index in [9.17, 15) is 9.90 Å². The van der Waals surface area contributed by atoms with Crippen LogP contribution in [0, 0.1) is 0 Å². The maximum absolute atomic E-state index is 11.9. The zero-order valence-electron chi connectivity index (χ0n) is 12.5. The summed E-state index contributed by atoms with van der Waals surface area (Å²) in [7, 11) is 0. The molecule has 1 aromatic carbocycles. The van der Waals surface area contributed by atoms with Crippen LogP contribution in [-0.2, 0) is 0 Å². The van der Waals surface area contributed by atoms with Gasteiger partial charge in [0.25, 0.3) is 0 Å². The number of nitrogens with one attached hydrogen (secondary N) is 2. The molecule has 1 atom stereocenters. The molecular formula is C16H22N2O4. The molecule has 22 heavy (non-hydrogen) atoms. The molecule has 1 aliphatic heterocycles. The number of amides is 2. The summed E-state index contributed by atoms with van der Waals surface area (Å²) in [4.78, 5) is 11.9. The summed E-state index contributed by atoms with van der Waals surface area (Å²) in [5, 5.41) is 15.2. The fourth-order valence-electron chi connectivity index (χ4n) is 2.83. The van der Waals surface area contributed by atoms with Crippen molar-refractivity contribution in [3.8, 4) is 11.5 Å². The Hall–Kier alpha value is -1.95. The van der Waals surface area contributed by atoms with Crippen molar-refractivity contribution in [2.75, 3.05) is 13.2 Å². The largest absolute Gasteiger partial charge is 0.486 e. The van der Waals surface area contributed by atoms with E-state index in [1.807, 2.05) is 24.3 Å². The van der Waals surface area contributed by atoms with Crippen molar-refractivity contribution in [2.24, 2.45) is 0 Å². The summed E-state index contributed by atoms with van der Waals surface area (Å²) in [6.07, 6.45) is 2.75. The van der Waals surface area contributed by atoms with Gasteiger partial charge in [-0.3, -0.25) is 0 Å². The Bertz CT molecular complexity index is 515. The number of carbonyl (C=O) groups is 1. The van der Waals surface area contributed by atoms with Gasteiger partial charge < -0.3 is 25.2 Å². The van der Waals surface area contributed by atoms with E-state index in [0.717, 1.165) is 31.4 Å². The minimum atomic E-state index is -0.214. The lowest BCUT2D eigenvalue weighted by Gasteiger charge is -2.28. The van der Waals surface area contributed by atoms with Crippen molar-refractivity contribution in [2.45, 2.75) is 43.9 Å². The third-order valence-electron chi connectivity index (χ3n) is 4.09. The third kappa shape index (κ3) is 3.82. The minimum Gasteiger partial charge on any atom is -0.486 e. The molecule has 1 heterocycles. The van der Waals surface area contributed by atoms with Crippen LogP contribution in [0.4, 0.5) is 4.79 Å². The van der Waals surface area contributed by atoms with Crippen LogP contribution in [0.15, 0.2) is 24.3 Å². The molecule has 6 heteroatoms. The predicted molar refractivity (Wildman–Crippen MR) is 81.2 cm³/mol. The Morgan fingerprint density at radius 3 is 2.68 bits per heavy atom. The van der Waals surface area contributed by atoms with E-state index >= 15 is 0 Å². The summed E-state index contributed by atoms with van der Waals surface area (Å²) in [5.74, 6) is 1.45. The molecule has 2 amide bonds. The monoisotopic (exact) mass is 306 g/mol. The van der Waals surface area contributed by atoms with Gasteiger partial charge in [0.15, 0.2) is 17.6 Å². The van der Waals surface area contributed by atoms with Crippen LogP contribution < -0.4 is 20.1 Å². The molecule has 0 aromatic heterocycles. The first-order chi connectivity index (χ1) is 10.7. The van der Waals surface area contributed by atoms with Crippen LogP contribution in [0.5, 0.6) is 11.5 Å². The molecule has 0 radical (unpaired) electrons. The van der Waals surface area contributed by atoms with E-state index < -0.39 is 0 Å². The first kappa shape index (κ1) is 15.0. The van der Waals surface area contributed by atoms with Crippen LogP contribution in [0.2, 0.25) is 0 Å². The van der Waals surface area contributed by atoms with Gasteiger partial charge >= 0.3 is 6.03 Å². The molecule has 0 bridgehead atoms. The fraction of sp³-hybridized carbons (Fsp3) is 0.562. The van der Waals surface area contributed by atoms with Crippen molar-refractivity contribution in [3.63, 3.8) is 0 Å². The van der Waals surface area contributed by atoms with Gasteiger partial charge in [-0.2, -0.15) is 0 Å². The third-order valence-corrected chi connectivity index (χ3v) is 4.09. The highest BCUT2D eigenvalue weighted by molar-refractivity contribution is 5.74. The highest BCUT2D eigenvalue weighted by atomic mass is 16.6. The number of hydrogen-bond acceptors (Lipinski definition) is 4. The Morgan fingerprint density at radius 1 is 1.18 bits per heavy atom. The summed E-state index contributed by atoms with van der Waals surface area (Å²) in [5.41, 5.74) is 0. The number of rotatable bonds is 3. The van der Waals surface area contributed by atoms with Crippen LogP contribution in [-0.4, -0.2) is 42.5 Å². The number of hydrogen-bond donors (Lipinski definition) is 3. The van der Waals surface area contributed by atoms with Gasteiger partial charge in [-0.1, -0.05) is 12.1 Å². The van der Waals surface area contributed by atoms with Gasteiger partial charge in [-0.05, 0) is 37.8 Å². The first-order valence-corrected chi connectivity index (χ1v) is 7.81. The number of aliphatic hydroxyl groups excluding tert-OH is 1. The molecule has 1 aromatic rings. The second-order valence-electron chi connectivity index (χ2n) is 5.86. The average Bonchev–Trinajstić information content (AvgIpc) is 2.55. The molecule has 120 valence electrons. The van der Waals surface area contributed by atoms with Crippen molar-refractivity contribution < 1.29 is 19.4 Å². The normalized spacial score (nSPS) is 27.0. The number of urea groups is 1. The highest BCUT2D eigenvalue weighted by Crippen LogP contribution is 2.30. The summed E-state index contributed by atoms with van der Waals surface area (Å²) >= 11 is 0. The van der Waals surface area contributed by atoms with E-state index in [2.05, 4.69) is 10.6 Å². The zero-order chi connectivity index (χ0) is 15.4. The Balaban J connectivity index is 1.40. The van der Waals surface area contributed by atoms with Crippen molar-refractivity contribution in [1.82, 2.24) is 10.6 Å². The Morgan fingerprint density at radius 2 is 1.91 bits per heavy atom. The number of fused-ring (bicyclic) bond motifs is 1. The standard InChI is InChI=1S/C16H22N2O4/c19-12-7-5-11(6-8-12)18-16(20)17-9-13-10-21-14-3-1-2-4-15(14)22-13/h1-4,11-13,19H,5-10H2,(H2,17,18,20). The molecule has 1 unspecified atom stereocenters. The van der Waals surface area contributed by atoms with Gasteiger partial charge in [0.1, 0.15) is 6.61 Å². The maximum Gasteiger partial charge on any atom is 0.315 e. The molecular weight excluding hydrogens is 284 g/mol. The van der Waals surface area contributed by atoms with Crippen molar-refractivity contribution >= 4 is 6.03 Å². The molecule has 1 fully saturated rings. The van der Waals surface area contributed by atoms with Crippen LogP contribution in [0.25, 0.3) is 0 Å². The van der Waals surface area contributed by atoms with E-state index in [-0.39, 0.29) is 24.3 Å². The van der Waals surface area contributed by atoms with E-state index in [1.165, 1.54) is 0 Å². The van der Waals surface area contributed by atoms with Gasteiger partial charge in [-0.25, -0.2) is 4.79 Å². The Labute approximate surface area is 129 Å². The SMILES string of the molecule is O=C(NCC1COc2ccccc2O1)NC1CCC(O)CC1. The molecule has 2 aliphatic rings. The fourth-order valence-corrected chi connectivity index (χ4v) is 2.83. The molecule has 3 N–H and O–H groups in total. The molecule has 1 saturated carbocycles. The van der Waals surface area contributed by atoms with E-state index in [1.54, 1.807) is 0 Å². The molecule has 0 spiro atoms. The van der Waals surface area contributed by atoms with Crippen LogP contribution in [0.1, 0.15) is 25.7 Å². The lowest BCUT2D eigenvalue weighted by Crippen LogP contribution is -2.48. The second kappa shape index (κ2) is 6.87. The second-order valence-corrected chi connectivity index (χ2v) is 5.86. The van der Waals surface area contributed by atoms with Crippen molar-refractivity contribution in [3.05, 3.63) is 24.3 Å². The van der Waals surface area contributed by atoms with Crippen molar-refractivity contribution in [1.29, 1.82) is 0 Å². The first-order valence-electron chi connectivity index (χ1n) is 7.81. The highest BCUT2D eigenvalue weighted by Gasteiger charge is 2.23. The lowest BCUT2D eigenvalue weighted by molar-refractivity contribution is 0.0911. The van der Waals surface area contributed by atoms with Gasteiger partial charge in [0.05, 0.1) is 12.6 Å². The maximum atomic E-state index is 11.9. The van der Waals surface area contributed by atoms with Gasteiger partial charge in [0, 0.05) is 6.04 Å². The Kier molecular flexibility index (Phi) is 4.68. The summed E-state index contributed by atoms with van der Waals surface area (Å²) < 4.78 is 11.4. The molecule has 0 saturated heterocycles. The van der Waals surface area contributed by atoms with Gasteiger partial charge in [-0.15, -0.1) is 0 Å². The number of benzene rings is 1. The quantitative estimate of drug-likeness (QED) is 0.789. The number of aliphatic hydroxyl groups is 1.